The van der Waals surface area contributed by atoms with E-state index in [2.05, 4.69) is 4.74 Å². The molecule has 0 N–H and O–H groups in total. The summed E-state index contributed by atoms with van der Waals surface area (Å²) in [5.74, 6) is -0.113. The van der Waals surface area contributed by atoms with Gasteiger partial charge in [-0.2, -0.15) is 0 Å². The third-order valence-electron chi connectivity index (χ3n) is 2.57. The van der Waals surface area contributed by atoms with Crippen LogP contribution in [0.25, 0.3) is 0 Å². The Labute approximate surface area is 104 Å². The molecule has 1 nitrogen and oxygen atoms in total. The van der Waals surface area contributed by atoms with Gasteiger partial charge in [0.15, 0.2) is 0 Å². The van der Waals surface area contributed by atoms with Crippen LogP contribution in [0.1, 0.15) is 31.7 Å². The number of rotatable bonds is 4. The average molecular weight is 267 g/mol. The van der Waals surface area contributed by atoms with Crippen molar-refractivity contribution in [2.75, 3.05) is 0 Å². The maximum atomic E-state index is 11.9. The van der Waals surface area contributed by atoms with Gasteiger partial charge in [0.05, 0.1) is 0 Å². The minimum Gasteiger partial charge on any atom is -0.406 e. The quantitative estimate of drug-likeness (QED) is 0.718. The van der Waals surface area contributed by atoms with E-state index in [1.807, 2.05) is 13.8 Å². The molecule has 2 unspecified atom stereocenters. The molecule has 0 aliphatic carbocycles. The number of halogens is 4. The van der Waals surface area contributed by atoms with Crippen molar-refractivity contribution < 1.29 is 17.9 Å². The van der Waals surface area contributed by atoms with Gasteiger partial charge in [-0.15, -0.1) is 24.8 Å². The van der Waals surface area contributed by atoms with Gasteiger partial charge in [0.25, 0.3) is 0 Å². The van der Waals surface area contributed by atoms with Crippen molar-refractivity contribution in [1.29, 1.82) is 0 Å². The van der Waals surface area contributed by atoms with Gasteiger partial charge in [-0.3, -0.25) is 0 Å². The molecule has 0 aliphatic rings. The molecule has 5 heteroatoms. The van der Waals surface area contributed by atoms with Crippen molar-refractivity contribution >= 4 is 11.6 Å². The van der Waals surface area contributed by atoms with Crippen LogP contribution in [0.15, 0.2) is 24.3 Å². The molecule has 96 valence electrons. The molecule has 1 aromatic carbocycles. The van der Waals surface area contributed by atoms with E-state index < -0.39 is 6.36 Å². The number of ether oxygens (including phenoxy) is 1. The predicted octanol–water partition coefficient (Wildman–Crippen LogP) is 4.71. The third kappa shape index (κ3) is 4.46. The van der Waals surface area contributed by atoms with Crippen molar-refractivity contribution in [3.63, 3.8) is 0 Å². The lowest BCUT2D eigenvalue weighted by Gasteiger charge is -2.17. The highest BCUT2D eigenvalue weighted by Gasteiger charge is 2.31. The van der Waals surface area contributed by atoms with Crippen molar-refractivity contribution in [3.8, 4) is 5.75 Å². The Morgan fingerprint density at radius 1 is 1.24 bits per heavy atom. The van der Waals surface area contributed by atoms with Crippen LogP contribution < -0.4 is 4.74 Å². The Balaban J connectivity index is 2.74. The summed E-state index contributed by atoms with van der Waals surface area (Å²) in [5.41, 5.74) is 0.904. The second-order valence-electron chi connectivity index (χ2n) is 3.83. The Hall–Kier alpha value is -0.900. The smallest absolute Gasteiger partial charge is 0.406 e. The van der Waals surface area contributed by atoms with Gasteiger partial charge >= 0.3 is 6.36 Å². The van der Waals surface area contributed by atoms with Crippen LogP contribution in [0.3, 0.4) is 0 Å². The summed E-state index contributed by atoms with van der Waals surface area (Å²) < 4.78 is 39.6. The maximum absolute atomic E-state index is 11.9. The molecule has 17 heavy (non-hydrogen) atoms. The first-order valence-electron chi connectivity index (χ1n) is 5.33. The minimum atomic E-state index is -4.65. The molecule has 0 saturated carbocycles. The molecule has 2 atom stereocenters. The van der Waals surface area contributed by atoms with E-state index in [0.29, 0.717) is 0 Å². The second kappa shape index (κ2) is 5.63. The normalized spacial score (nSPS) is 15.4. The molecular weight excluding hydrogens is 253 g/mol. The Kier molecular flexibility index (Phi) is 4.69. The topological polar surface area (TPSA) is 9.23 Å². The van der Waals surface area contributed by atoms with Crippen LogP contribution in [0.2, 0.25) is 0 Å². The number of benzene rings is 1. The number of hydrogen-bond acceptors (Lipinski definition) is 1. The molecule has 0 aliphatic heterocycles. The summed E-state index contributed by atoms with van der Waals surface area (Å²) in [6, 6.07) is 5.82. The van der Waals surface area contributed by atoms with Crippen molar-refractivity contribution in [1.82, 2.24) is 0 Å². The minimum absolute atomic E-state index is 0.0237. The van der Waals surface area contributed by atoms with E-state index in [-0.39, 0.29) is 17.0 Å². The van der Waals surface area contributed by atoms with Gasteiger partial charge in [0.1, 0.15) is 5.75 Å². The van der Waals surface area contributed by atoms with Gasteiger partial charge in [-0.25, -0.2) is 0 Å². The van der Waals surface area contributed by atoms with E-state index in [1.165, 1.54) is 12.1 Å². The van der Waals surface area contributed by atoms with E-state index in [9.17, 15) is 13.2 Å². The summed E-state index contributed by atoms with van der Waals surface area (Å²) in [4.78, 5) is 0. The Bertz CT molecular complexity index is 348. The molecule has 0 fully saturated rings. The molecule has 1 rings (SSSR count). The van der Waals surface area contributed by atoms with Crippen LogP contribution in [-0.4, -0.2) is 11.7 Å². The summed E-state index contributed by atoms with van der Waals surface area (Å²) >= 11 is 6.09. The second-order valence-corrected chi connectivity index (χ2v) is 4.39. The standard InChI is InChI=1S/C12H14ClF3O/c1-3-11(13)8(2)9-4-6-10(7-5-9)17-12(14,15)16/h4-8,11H,3H2,1-2H3. The Morgan fingerprint density at radius 2 is 1.76 bits per heavy atom. The maximum Gasteiger partial charge on any atom is 0.573 e. The lowest BCUT2D eigenvalue weighted by molar-refractivity contribution is -0.274. The first-order chi connectivity index (χ1) is 7.83. The monoisotopic (exact) mass is 266 g/mol. The van der Waals surface area contributed by atoms with Gasteiger partial charge in [-0.1, -0.05) is 26.0 Å². The molecule has 0 saturated heterocycles. The molecule has 0 aromatic heterocycles. The van der Waals surface area contributed by atoms with Crippen molar-refractivity contribution in [2.24, 2.45) is 0 Å². The first kappa shape index (κ1) is 14.2. The van der Waals surface area contributed by atoms with Gasteiger partial charge in [-0.05, 0) is 30.0 Å². The zero-order chi connectivity index (χ0) is 13.1. The highest BCUT2D eigenvalue weighted by molar-refractivity contribution is 6.21. The number of hydrogen-bond donors (Lipinski definition) is 0. The summed E-state index contributed by atoms with van der Waals surface area (Å²) in [6.45, 7) is 3.91. The fraction of sp³-hybridized carbons (Fsp3) is 0.500. The van der Waals surface area contributed by atoms with E-state index >= 15 is 0 Å². The molecule has 0 amide bonds. The fourth-order valence-electron chi connectivity index (χ4n) is 1.54. The SMILES string of the molecule is CCC(Cl)C(C)c1ccc(OC(F)(F)F)cc1. The fourth-order valence-corrected chi connectivity index (χ4v) is 1.68. The zero-order valence-electron chi connectivity index (χ0n) is 9.59. The zero-order valence-corrected chi connectivity index (χ0v) is 10.3. The summed E-state index contributed by atoms with van der Waals surface area (Å²) in [7, 11) is 0. The highest BCUT2D eigenvalue weighted by atomic mass is 35.5. The highest BCUT2D eigenvalue weighted by Crippen LogP contribution is 2.28. The van der Waals surface area contributed by atoms with Crippen LogP contribution in [0.4, 0.5) is 13.2 Å². The largest absolute Gasteiger partial charge is 0.573 e. The van der Waals surface area contributed by atoms with E-state index in [4.69, 9.17) is 11.6 Å². The van der Waals surface area contributed by atoms with Gasteiger partial charge in [0, 0.05) is 5.38 Å². The lowest BCUT2D eigenvalue weighted by atomic mass is 9.96. The first-order valence-corrected chi connectivity index (χ1v) is 5.77. The molecule has 0 radical (unpaired) electrons. The molecule has 0 heterocycles. The molecule has 0 spiro atoms. The predicted molar refractivity (Wildman–Crippen MR) is 61.5 cm³/mol. The molecular formula is C12H14ClF3O. The van der Waals surface area contributed by atoms with Crippen LogP contribution >= 0.6 is 11.6 Å². The van der Waals surface area contributed by atoms with Crippen molar-refractivity contribution in [3.05, 3.63) is 29.8 Å². The van der Waals surface area contributed by atoms with Crippen LogP contribution in [0.5, 0.6) is 5.75 Å². The molecule has 1 aromatic rings. The van der Waals surface area contributed by atoms with Gasteiger partial charge < -0.3 is 4.74 Å². The summed E-state index contributed by atoms with van der Waals surface area (Å²) in [6.07, 6.45) is -3.84. The third-order valence-corrected chi connectivity index (χ3v) is 3.26. The molecule has 0 bridgehead atoms. The lowest BCUT2D eigenvalue weighted by Crippen LogP contribution is -2.17. The Morgan fingerprint density at radius 3 is 2.18 bits per heavy atom. The van der Waals surface area contributed by atoms with Gasteiger partial charge in [0.2, 0.25) is 0 Å². The average Bonchev–Trinajstić information content (AvgIpc) is 2.26. The number of alkyl halides is 4. The van der Waals surface area contributed by atoms with E-state index in [1.54, 1.807) is 12.1 Å². The van der Waals surface area contributed by atoms with E-state index in [0.717, 1.165) is 12.0 Å². The summed E-state index contributed by atoms with van der Waals surface area (Å²) in [5, 5.41) is -0.0237. The van der Waals surface area contributed by atoms with Crippen LogP contribution in [0, 0.1) is 0 Å². The van der Waals surface area contributed by atoms with Crippen LogP contribution in [-0.2, 0) is 0 Å². The van der Waals surface area contributed by atoms with Crippen molar-refractivity contribution in [2.45, 2.75) is 37.9 Å².